The summed E-state index contributed by atoms with van der Waals surface area (Å²) in [5, 5.41) is 3.11. The van der Waals surface area contributed by atoms with Gasteiger partial charge in [0, 0.05) is 20.6 Å². The van der Waals surface area contributed by atoms with E-state index in [-0.39, 0.29) is 11.8 Å². The van der Waals surface area contributed by atoms with E-state index in [2.05, 4.69) is 5.32 Å². The minimum atomic E-state index is -3.13. The molecule has 0 aromatic heterocycles. The Morgan fingerprint density at radius 1 is 1.29 bits per heavy atom. The lowest BCUT2D eigenvalue weighted by molar-refractivity contribution is -0.252. The fourth-order valence-corrected chi connectivity index (χ4v) is 2.13. The maximum atomic E-state index is 11.5. The van der Waals surface area contributed by atoms with Crippen LogP contribution >= 0.6 is 0 Å². The summed E-state index contributed by atoms with van der Waals surface area (Å²) < 4.78 is 35.2. The molecular weight excluding hydrogens is 244 g/mol. The molecule has 6 nitrogen and oxygen atoms in total. The number of hydrogen-bond donors (Lipinski definition) is 1. The van der Waals surface area contributed by atoms with Crippen molar-refractivity contribution in [3.05, 3.63) is 0 Å². The van der Waals surface area contributed by atoms with Crippen LogP contribution < -0.4 is 5.32 Å². The second kappa shape index (κ2) is 5.62. The van der Waals surface area contributed by atoms with Gasteiger partial charge in [0.15, 0.2) is 5.79 Å². The van der Waals surface area contributed by atoms with Gasteiger partial charge in [-0.25, -0.2) is 12.7 Å². The van der Waals surface area contributed by atoms with E-state index >= 15 is 0 Å². The highest BCUT2D eigenvalue weighted by Crippen LogP contribution is 2.16. The van der Waals surface area contributed by atoms with Crippen LogP contribution in [0.5, 0.6) is 0 Å². The van der Waals surface area contributed by atoms with Crippen LogP contribution in [0, 0.1) is 0 Å². The Bertz CT molecular complexity index is 330. The highest BCUT2D eigenvalue weighted by atomic mass is 32.2. The molecule has 0 atom stereocenters. The van der Waals surface area contributed by atoms with Gasteiger partial charge in [0.2, 0.25) is 10.0 Å². The number of sulfonamides is 1. The van der Waals surface area contributed by atoms with Crippen molar-refractivity contribution in [2.45, 2.75) is 25.7 Å². The topological polar surface area (TPSA) is 67.9 Å². The van der Waals surface area contributed by atoms with Crippen LogP contribution in [0.25, 0.3) is 0 Å². The first-order valence-electron chi connectivity index (χ1n) is 5.64. The second-order valence-corrected chi connectivity index (χ2v) is 7.07. The highest BCUT2D eigenvalue weighted by Gasteiger charge is 2.28. The Hall–Kier alpha value is -0.210. The summed E-state index contributed by atoms with van der Waals surface area (Å²) >= 11 is 0. The van der Waals surface area contributed by atoms with Crippen molar-refractivity contribution >= 4 is 10.0 Å². The van der Waals surface area contributed by atoms with Gasteiger partial charge in [-0.05, 0) is 13.8 Å². The van der Waals surface area contributed by atoms with Crippen LogP contribution in [0.4, 0.5) is 0 Å². The van der Waals surface area contributed by atoms with Gasteiger partial charge < -0.3 is 14.8 Å². The molecule has 1 saturated heterocycles. The van der Waals surface area contributed by atoms with Crippen molar-refractivity contribution < 1.29 is 17.9 Å². The van der Waals surface area contributed by atoms with E-state index in [0.717, 1.165) is 0 Å². The van der Waals surface area contributed by atoms with E-state index in [0.29, 0.717) is 19.8 Å². The first-order chi connectivity index (χ1) is 7.73. The van der Waals surface area contributed by atoms with Crippen molar-refractivity contribution in [3.63, 3.8) is 0 Å². The van der Waals surface area contributed by atoms with Crippen LogP contribution in [0.3, 0.4) is 0 Å². The van der Waals surface area contributed by atoms with Gasteiger partial charge in [0.1, 0.15) is 0 Å². The lowest BCUT2D eigenvalue weighted by atomic mass is 10.2. The molecule has 0 saturated carbocycles. The molecule has 1 aliphatic rings. The number of ether oxygens (including phenoxy) is 2. The van der Waals surface area contributed by atoms with Crippen molar-refractivity contribution in [3.8, 4) is 0 Å². The molecule has 0 bridgehead atoms. The molecule has 17 heavy (non-hydrogen) atoms. The number of rotatable bonds is 5. The molecule has 0 aliphatic carbocycles. The molecule has 0 radical (unpaired) electrons. The van der Waals surface area contributed by atoms with E-state index < -0.39 is 15.8 Å². The molecule has 0 aromatic rings. The first kappa shape index (κ1) is 14.8. The number of nitrogens with zero attached hydrogens (tertiary/aromatic N) is 1. The molecule has 0 spiro atoms. The van der Waals surface area contributed by atoms with Gasteiger partial charge in [-0.3, -0.25) is 0 Å². The zero-order valence-electron chi connectivity index (χ0n) is 10.9. The van der Waals surface area contributed by atoms with Gasteiger partial charge in [-0.2, -0.15) is 0 Å². The Morgan fingerprint density at radius 3 is 2.29 bits per heavy atom. The highest BCUT2D eigenvalue weighted by molar-refractivity contribution is 7.89. The Balaban J connectivity index is 2.25. The summed E-state index contributed by atoms with van der Waals surface area (Å²) in [4.78, 5) is 0. The maximum Gasteiger partial charge on any atom is 0.214 e. The Kier molecular flexibility index (Phi) is 4.91. The summed E-state index contributed by atoms with van der Waals surface area (Å²) in [6, 6.07) is 0.0559. The maximum absolute atomic E-state index is 11.5. The van der Waals surface area contributed by atoms with E-state index in [4.69, 9.17) is 9.47 Å². The molecule has 1 heterocycles. The SMILES string of the molecule is CN(C)S(=O)(=O)CCNC1COC(C)(C)OC1. The minimum absolute atomic E-state index is 0.0559. The van der Waals surface area contributed by atoms with E-state index in [9.17, 15) is 8.42 Å². The standard InChI is InChI=1S/C10H22N2O4S/c1-10(2)15-7-9(8-16-10)11-5-6-17(13,14)12(3)4/h9,11H,5-8H2,1-4H3. The molecular formula is C10H22N2O4S. The zero-order valence-corrected chi connectivity index (χ0v) is 11.7. The third kappa shape index (κ3) is 4.89. The lowest BCUT2D eigenvalue weighted by Gasteiger charge is -2.35. The summed E-state index contributed by atoms with van der Waals surface area (Å²) in [6.45, 7) is 5.20. The number of nitrogens with one attached hydrogen (secondary N) is 1. The summed E-state index contributed by atoms with van der Waals surface area (Å²) in [6.07, 6.45) is 0. The summed E-state index contributed by atoms with van der Waals surface area (Å²) in [5.41, 5.74) is 0. The van der Waals surface area contributed by atoms with E-state index in [1.807, 2.05) is 13.8 Å². The second-order valence-electron chi connectivity index (χ2n) is 4.77. The van der Waals surface area contributed by atoms with E-state index in [1.165, 1.54) is 18.4 Å². The van der Waals surface area contributed by atoms with Gasteiger partial charge in [0.25, 0.3) is 0 Å². The quantitative estimate of drug-likeness (QED) is 0.734. The number of hydrogen-bond acceptors (Lipinski definition) is 5. The molecule has 7 heteroatoms. The zero-order chi connectivity index (χ0) is 13.1. The smallest absolute Gasteiger partial charge is 0.214 e. The normalized spacial score (nSPS) is 21.9. The fraction of sp³-hybridized carbons (Fsp3) is 1.00. The summed E-state index contributed by atoms with van der Waals surface area (Å²) in [7, 11) is -0.0678. The minimum Gasteiger partial charge on any atom is -0.349 e. The van der Waals surface area contributed by atoms with Gasteiger partial charge >= 0.3 is 0 Å². The van der Waals surface area contributed by atoms with Crippen molar-refractivity contribution in [1.29, 1.82) is 0 Å². The first-order valence-corrected chi connectivity index (χ1v) is 7.25. The molecule has 0 unspecified atom stereocenters. The van der Waals surface area contributed by atoms with Crippen molar-refractivity contribution in [2.24, 2.45) is 0 Å². The average molecular weight is 266 g/mol. The summed E-state index contributed by atoms with van der Waals surface area (Å²) in [5.74, 6) is -0.451. The van der Waals surface area contributed by atoms with Gasteiger partial charge in [-0.1, -0.05) is 0 Å². The third-order valence-corrected chi connectivity index (χ3v) is 4.45. The van der Waals surface area contributed by atoms with Crippen LogP contribution in [0.15, 0.2) is 0 Å². The van der Waals surface area contributed by atoms with Crippen LogP contribution in [0.2, 0.25) is 0 Å². The fourth-order valence-electron chi connectivity index (χ4n) is 1.38. The molecule has 0 aromatic carbocycles. The van der Waals surface area contributed by atoms with Crippen molar-refractivity contribution in [1.82, 2.24) is 9.62 Å². The average Bonchev–Trinajstić information content (AvgIpc) is 2.20. The third-order valence-electron chi connectivity index (χ3n) is 2.61. The molecule has 0 amide bonds. The molecule has 102 valence electrons. The molecule has 1 fully saturated rings. The Labute approximate surface area is 103 Å². The van der Waals surface area contributed by atoms with E-state index in [1.54, 1.807) is 0 Å². The van der Waals surface area contributed by atoms with Gasteiger partial charge in [0.05, 0.1) is 25.0 Å². The predicted molar refractivity (Wildman–Crippen MR) is 65.2 cm³/mol. The van der Waals surface area contributed by atoms with Crippen LogP contribution in [-0.2, 0) is 19.5 Å². The van der Waals surface area contributed by atoms with Gasteiger partial charge in [-0.15, -0.1) is 0 Å². The predicted octanol–water partition coefficient (Wildman–Crippen LogP) is -0.381. The Morgan fingerprint density at radius 2 is 1.82 bits per heavy atom. The largest absolute Gasteiger partial charge is 0.349 e. The molecule has 1 rings (SSSR count). The van der Waals surface area contributed by atoms with Crippen LogP contribution in [-0.4, -0.2) is 64.2 Å². The molecule has 1 aliphatic heterocycles. The molecule has 1 N–H and O–H groups in total. The monoisotopic (exact) mass is 266 g/mol. The lowest BCUT2D eigenvalue weighted by Crippen LogP contribution is -2.49. The van der Waals surface area contributed by atoms with Crippen LogP contribution in [0.1, 0.15) is 13.8 Å². The van der Waals surface area contributed by atoms with Crippen molar-refractivity contribution in [2.75, 3.05) is 39.6 Å².